The van der Waals surface area contributed by atoms with Gasteiger partial charge in [-0.3, -0.25) is 4.79 Å². The lowest BCUT2D eigenvalue weighted by Crippen LogP contribution is -2.35. The molecule has 0 bridgehead atoms. The Labute approximate surface area is 64.8 Å². The maximum absolute atomic E-state index is 11.2. The van der Waals surface area contributed by atoms with E-state index in [-0.39, 0.29) is 12.1 Å². The van der Waals surface area contributed by atoms with Gasteiger partial charge in [0.1, 0.15) is 0 Å². The minimum absolute atomic E-state index is 0.106. The van der Waals surface area contributed by atoms with Crippen molar-refractivity contribution in [3.8, 4) is 0 Å². The van der Waals surface area contributed by atoms with Crippen LogP contribution in [-0.4, -0.2) is 29.8 Å². The average molecular weight is 154 g/mol. The van der Waals surface area contributed by atoms with Gasteiger partial charge in [-0.2, -0.15) is 0 Å². The van der Waals surface area contributed by atoms with Gasteiger partial charge < -0.3 is 9.74 Å². The van der Waals surface area contributed by atoms with E-state index in [1.165, 1.54) is 0 Å². The first kappa shape index (κ1) is 6.64. The van der Waals surface area contributed by atoms with Crippen molar-refractivity contribution in [2.45, 2.75) is 25.5 Å². The average Bonchev–Trinajstić information content (AvgIpc) is 2.55. The molecule has 2 aliphatic rings. The lowest BCUT2D eigenvalue weighted by atomic mass is 10.4. The van der Waals surface area contributed by atoms with Crippen LogP contribution in [0.4, 0.5) is 0 Å². The van der Waals surface area contributed by atoms with Gasteiger partial charge in [0, 0.05) is 25.6 Å². The van der Waals surface area contributed by atoms with Crippen LogP contribution in [0.3, 0.4) is 0 Å². The molecule has 1 amide bonds. The first-order valence-electron chi connectivity index (χ1n) is 3.85. The van der Waals surface area contributed by atoms with Crippen molar-refractivity contribution in [3.05, 3.63) is 0 Å². The molecule has 0 saturated carbocycles. The van der Waals surface area contributed by atoms with E-state index >= 15 is 0 Å². The van der Waals surface area contributed by atoms with E-state index in [1.807, 2.05) is 0 Å². The number of hydrogen-bond donors (Lipinski definition) is 0. The number of carbonyl (C=O) groups is 1. The molecule has 0 aliphatic carbocycles. The topological polar surface area (TPSA) is 41.9 Å². The number of rotatable bonds is 1. The van der Waals surface area contributed by atoms with Crippen LogP contribution >= 0.6 is 0 Å². The zero-order chi connectivity index (χ0) is 7.68. The Balaban J connectivity index is 1.98. The van der Waals surface area contributed by atoms with E-state index in [0.717, 1.165) is 19.4 Å². The van der Waals surface area contributed by atoms with Crippen LogP contribution in [-0.2, 0) is 9.63 Å². The molecule has 0 aromatic heterocycles. The van der Waals surface area contributed by atoms with E-state index < -0.39 is 0 Å². The third-order valence-corrected chi connectivity index (χ3v) is 2.02. The summed E-state index contributed by atoms with van der Waals surface area (Å²) in [7, 11) is 0. The number of nitrogens with zero attached hydrogens (tertiary/aromatic N) is 2. The third kappa shape index (κ3) is 1.08. The smallest absolute Gasteiger partial charge is 0.225 e. The van der Waals surface area contributed by atoms with E-state index in [2.05, 4.69) is 5.16 Å². The van der Waals surface area contributed by atoms with Crippen LogP contribution in [0.2, 0.25) is 0 Å². The minimum Gasteiger partial charge on any atom is -0.370 e. The van der Waals surface area contributed by atoms with Gasteiger partial charge in [0.2, 0.25) is 12.1 Å². The minimum atomic E-state index is -0.106. The number of hydrogen-bond acceptors (Lipinski definition) is 3. The van der Waals surface area contributed by atoms with Gasteiger partial charge in [0.05, 0.1) is 0 Å². The number of carbonyl (C=O) groups excluding carboxylic acids is 1. The van der Waals surface area contributed by atoms with Crippen molar-refractivity contribution in [1.82, 2.24) is 4.90 Å². The van der Waals surface area contributed by atoms with Crippen LogP contribution < -0.4 is 0 Å². The Hall–Kier alpha value is -1.06. The highest BCUT2D eigenvalue weighted by Gasteiger charge is 2.30. The molecule has 0 radical (unpaired) electrons. The van der Waals surface area contributed by atoms with Crippen LogP contribution in [0.25, 0.3) is 0 Å². The first-order chi connectivity index (χ1) is 5.38. The predicted molar refractivity (Wildman–Crippen MR) is 38.9 cm³/mol. The molecule has 0 aromatic carbocycles. The van der Waals surface area contributed by atoms with E-state index in [1.54, 1.807) is 11.1 Å². The fraction of sp³-hybridized carbons (Fsp3) is 0.714. The Morgan fingerprint density at radius 1 is 1.73 bits per heavy atom. The molecule has 1 saturated heterocycles. The first-order valence-corrected chi connectivity index (χ1v) is 3.85. The van der Waals surface area contributed by atoms with Gasteiger partial charge in [-0.25, -0.2) is 0 Å². The summed E-state index contributed by atoms with van der Waals surface area (Å²) >= 11 is 0. The number of amides is 1. The standard InChI is InChI=1S/C7H10N2O2/c10-6-2-1-5-9(6)7-3-4-8-11-7/h4,7H,1-3,5H2. The maximum atomic E-state index is 11.2. The van der Waals surface area contributed by atoms with Crippen LogP contribution in [0.5, 0.6) is 0 Å². The predicted octanol–water partition coefficient (Wildman–Crippen LogP) is 0.341. The van der Waals surface area contributed by atoms with Crippen LogP contribution in [0, 0.1) is 0 Å². The second kappa shape index (κ2) is 2.53. The molecule has 2 rings (SSSR count). The summed E-state index contributed by atoms with van der Waals surface area (Å²) in [5.41, 5.74) is 0. The molecule has 1 unspecified atom stereocenters. The van der Waals surface area contributed by atoms with Crippen LogP contribution in [0.1, 0.15) is 19.3 Å². The highest BCUT2D eigenvalue weighted by molar-refractivity contribution is 5.78. The van der Waals surface area contributed by atoms with Gasteiger partial charge >= 0.3 is 0 Å². The van der Waals surface area contributed by atoms with Crippen molar-refractivity contribution >= 4 is 12.1 Å². The molecule has 11 heavy (non-hydrogen) atoms. The lowest BCUT2D eigenvalue weighted by molar-refractivity contribution is -0.138. The van der Waals surface area contributed by atoms with Gasteiger partial charge in [-0.05, 0) is 6.42 Å². The molecule has 1 fully saturated rings. The zero-order valence-corrected chi connectivity index (χ0v) is 6.19. The largest absolute Gasteiger partial charge is 0.370 e. The van der Waals surface area contributed by atoms with Gasteiger partial charge in [-0.1, -0.05) is 5.16 Å². The zero-order valence-electron chi connectivity index (χ0n) is 6.19. The molecule has 4 heteroatoms. The van der Waals surface area contributed by atoms with Gasteiger partial charge in [0.25, 0.3) is 0 Å². The summed E-state index contributed by atoms with van der Waals surface area (Å²) in [5.74, 6) is 0.195. The summed E-state index contributed by atoms with van der Waals surface area (Å²) in [6.07, 6.45) is 3.96. The molecule has 4 nitrogen and oxygen atoms in total. The van der Waals surface area contributed by atoms with Crippen molar-refractivity contribution in [1.29, 1.82) is 0 Å². The molecule has 0 spiro atoms. The van der Waals surface area contributed by atoms with E-state index in [4.69, 9.17) is 4.84 Å². The molecule has 0 aromatic rings. The fourth-order valence-electron chi connectivity index (χ4n) is 1.45. The molecule has 2 heterocycles. The highest BCUT2D eigenvalue weighted by atomic mass is 16.7. The molecule has 2 aliphatic heterocycles. The van der Waals surface area contributed by atoms with Gasteiger partial charge in [0.15, 0.2) is 0 Å². The van der Waals surface area contributed by atoms with E-state index in [0.29, 0.717) is 6.42 Å². The van der Waals surface area contributed by atoms with Crippen LogP contribution in [0.15, 0.2) is 5.16 Å². The molecular weight excluding hydrogens is 144 g/mol. The SMILES string of the molecule is O=C1CCCN1C1CC=NO1. The van der Waals surface area contributed by atoms with Crippen molar-refractivity contribution in [2.24, 2.45) is 5.16 Å². The normalized spacial score (nSPS) is 29.6. The Morgan fingerprint density at radius 3 is 3.18 bits per heavy atom. The Morgan fingerprint density at radius 2 is 2.64 bits per heavy atom. The third-order valence-electron chi connectivity index (χ3n) is 2.02. The van der Waals surface area contributed by atoms with Crippen molar-refractivity contribution in [2.75, 3.05) is 6.54 Å². The van der Waals surface area contributed by atoms with Crippen molar-refractivity contribution in [3.63, 3.8) is 0 Å². The summed E-state index contributed by atoms with van der Waals surface area (Å²) < 4.78 is 0. The number of oxime groups is 1. The van der Waals surface area contributed by atoms with Gasteiger partial charge in [-0.15, -0.1) is 0 Å². The van der Waals surface area contributed by atoms with Crippen molar-refractivity contribution < 1.29 is 9.63 Å². The fourth-order valence-corrected chi connectivity index (χ4v) is 1.45. The highest BCUT2D eigenvalue weighted by Crippen LogP contribution is 2.18. The Kier molecular flexibility index (Phi) is 1.52. The number of likely N-dealkylation sites (tertiary alicyclic amines) is 1. The maximum Gasteiger partial charge on any atom is 0.225 e. The quantitative estimate of drug-likeness (QED) is 0.546. The molecule has 60 valence electrons. The Bertz CT molecular complexity index is 195. The molecule has 1 atom stereocenters. The summed E-state index contributed by atoms with van der Waals surface area (Å²) in [4.78, 5) is 17.9. The summed E-state index contributed by atoms with van der Waals surface area (Å²) in [5, 5.41) is 3.62. The van der Waals surface area contributed by atoms with E-state index in [9.17, 15) is 4.79 Å². The summed E-state index contributed by atoms with van der Waals surface area (Å²) in [6.45, 7) is 0.826. The monoisotopic (exact) mass is 154 g/mol. The second-order valence-corrected chi connectivity index (χ2v) is 2.77. The second-order valence-electron chi connectivity index (χ2n) is 2.77. The molecule has 0 N–H and O–H groups in total. The molecular formula is C7H10N2O2. The lowest BCUT2D eigenvalue weighted by Gasteiger charge is -2.20. The summed E-state index contributed by atoms with van der Waals surface area (Å²) in [6, 6.07) is 0.